The Morgan fingerprint density at radius 1 is 1.59 bits per heavy atom. The molecule has 2 rings (SSSR count). The van der Waals surface area contributed by atoms with Crippen LogP contribution in [0.4, 0.5) is 0 Å². The molecule has 17 heavy (non-hydrogen) atoms. The fourth-order valence-electron chi connectivity index (χ4n) is 2.24. The molecule has 4 heteroatoms. The average Bonchev–Trinajstić information content (AvgIpc) is 2.96. The van der Waals surface area contributed by atoms with Gasteiger partial charge in [0.25, 0.3) is 5.91 Å². The van der Waals surface area contributed by atoms with Crippen LogP contribution < -0.4 is 5.32 Å². The van der Waals surface area contributed by atoms with E-state index in [1.54, 1.807) is 11.3 Å². The summed E-state index contributed by atoms with van der Waals surface area (Å²) in [6.45, 7) is 6.80. The van der Waals surface area contributed by atoms with Gasteiger partial charge >= 0.3 is 0 Å². The summed E-state index contributed by atoms with van der Waals surface area (Å²) < 4.78 is 0. The van der Waals surface area contributed by atoms with Crippen molar-refractivity contribution in [3.05, 3.63) is 21.9 Å². The molecule has 1 aliphatic rings. The molecule has 0 aliphatic carbocycles. The molecule has 1 aromatic heterocycles. The maximum absolute atomic E-state index is 12.3. The van der Waals surface area contributed by atoms with Crippen LogP contribution in [0.1, 0.15) is 34.3 Å². The third-order valence-corrected chi connectivity index (χ3v) is 4.21. The van der Waals surface area contributed by atoms with Crippen molar-refractivity contribution in [1.29, 1.82) is 0 Å². The van der Waals surface area contributed by atoms with Crippen molar-refractivity contribution in [2.24, 2.45) is 0 Å². The minimum Gasteiger partial charge on any atom is -0.337 e. The molecule has 3 nitrogen and oxygen atoms in total. The Balaban J connectivity index is 1.99. The highest BCUT2D eigenvalue weighted by molar-refractivity contribution is 7.13. The number of rotatable bonds is 4. The number of amides is 1. The lowest BCUT2D eigenvalue weighted by molar-refractivity contribution is 0.0756. The van der Waals surface area contributed by atoms with Gasteiger partial charge in [0, 0.05) is 24.0 Å². The number of nitrogens with zero attached hydrogens (tertiary/aromatic N) is 1. The van der Waals surface area contributed by atoms with Crippen molar-refractivity contribution in [3.8, 4) is 0 Å². The summed E-state index contributed by atoms with van der Waals surface area (Å²) in [7, 11) is 0. The van der Waals surface area contributed by atoms with E-state index in [0.29, 0.717) is 6.04 Å². The Morgan fingerprint density at radius 2 is 2.41 bits per heavy atom. The maximum atomic E-state index is 12.3. The fraction of sp³-hybridized carbons (Fsp3) is 0.615. The van der Waals surface area contributed by atoms with E-state index in [0.717, 1.165) is 24.5 Å². The van der Waals surface area contributed by atoms with Crippen LogP contribution in [0.3, 0.4) is 0 Å². The van der Waals surface area contributed by atoms with E-state index >= 15 is 0 Å². The van der Waals surface area contributed by atoms with Crippen molar-refractivity contribution in [1.82, 2.24) is 10.2 Å². The van der Waals surface area contributed by atoms with Crippen LogP contribution in [0.5, 0.6) is 0 Å². The molecule has 1 amide bonds. The SMILES string of the molecule is CCN(CC1CCCN1)C(=O)c1ccc(C)s1. The summed E-state index contributed by atoms with van der Waals surface area (Å²) in [6.07, 6.45) is 2.42. The quantitative estimate of drug-likeness (QED) is 0.891. The van der Waals surface area contributed by atoms with Crippen molar-refractivity contribution >= 4 is 17.2 Å². The van der Waals surface area contributed by atoms with Gasteiger partial charge in [0.15, 0.2) is 0 Å². The molecule has 1 N–H and O–H groups in total. The van der Waals surface area contributed by atoms with Gasteiger partial charge in [-0.25, -0.2) is 0 Å². The first-order chi connectivity index (χ1) is 8.20. The molecule has 0 bridgehead atoms. The van der Waals surface area contributed by atoms with Gasteiger partial charge in [0.2, 0.25) is 0 Å². The zero-order valence-electron chi connectivity index (χ0n) is 10.5. The van der Waals surface area contributed by atoms with Crippen molar-refractivity contribution in [2.45, 2.75) is 32.7 Å². The Labute approximate surface area is 107 Å². The monoisotopic (exact) mass is 252 g/mol. The molecule has 0 saturated carbocycles. The number of aryl methyl sites for hydroxylation is 1. The Hall–Kier alpha value is -0.870. The van der Waals surface area contributed by atoms with E-state index < -0.39 is 0 Å². The lowest BCUT2D eigenvalue weighted by Gasteiger charge is -2.23. The summed E-state index contributed by atoms with van der Waals surface area (Å²) in [4.78, 5) is 16.3. The summed E-state index contributed by atoms with van der Waals surface area (Å²) in [6, 6.07) is 4.44. The third kappa shape index (κ3) is 3.07. The number of carbonyl (C=O) groups excluding carboxylic acids is 1. The predicted molar refractivity (Wildman–Crippen MR) is 71.7 cm³/mol. The van der Waals surface area contributed by atoms with Gasteiger partial charge in [-0.05, 0) is 45.4 Å². The van der Waals surface area contributed by atoms with E-state index in [9.17, 15) is 4.79 Å². The number of likely N-dealkylation sites (N-methyl/N-ethyl adjacent to an activating group) is 1. The van der Waals surface area contributed by atoms with Gasteiger partial charge in [0.05, 0.1) is 4.88 Å². The molecule has 1 aromatic rings. The number of thiophene rings is 1. The van der Waals surface area contributed by atoms with Gasteiger partial charge in [-0.1, -0.05) is 0 Å². The average molecular weight is 252 g/mol. The molecular weight excluding hydrogens is 232 g/mol. The van der Waals surface area contributed by atoms with E-state index in [1.807, 2.05) is 30.9 Å². The predicted octanol–water partition coefficient (Wildman–Crippen LogP) is 2.27. The van der Waals surface area contributed by atoms with Crippen LogP contribution in [-0.2, 0) is 0 Å². The van der Waals surface area contributed by atoms with E-state index in [2.05, 4.69) is 5.32 Å². The molecule has 1 unspecified atom stereocenters. The highest BCUT2D eigenvalue weighted by Crippen LogP contribution is 2.18. The Morgan fingerprint density at radius 3 is 2.94 bits per heavy atom. The normalized spacial score (nSPS) is 19.5. The van der Waals surface area contributed by atoms with Crippen LogP contribution in [0.15, 0.2) is 12.1 Å². The zero-order valence-corrected chi connectivity index (χ0v) is 11.3. The van der Waals surface area contributed by atoms with Gasteiger partial charge in [-0.15, -0.1) is 11.3 Å². The van der Waals surface area contributed by atoms with Gasteiger partial charge < -0.3 is 10.2 Å². The standard InChI is InChI=1S/C13H20N2OS/c1-3-15(9-11-5-4-8-14-11)13(16)12-7-6-10(2)17-12/h6-7,11,14H,3-5,8-9H2,1-2H3. The van der Waals surface area contributed by atoms with Crippen molar-refractivity contribution in [3.63, 3.8) is 0 Å². The number of hydrogen-bond donors (Lipinski definition) is 1. The molecule has 0 spiro atoms. The molecule has 1 saturated heterocycles. The van der Waals surface area contributed by atoms with Crippen LogP contribution in [0.2, 0.25) is 0 Å². The van der Waals surface area contributed by atoms with Crippen LogP contribution in [-0.4, -0.2) is 36.5 Å². The minimum atomic E-state index is 0.180. The van der Waals surface area contributed by atoms with E-state index in [1.165, 1.54) is 17.7 Å². The molecular formula is C13H20N2OS. The Kier molecular flexibility index (Phi) is 4.18. The molecule has 1 atom stereocenters. The largest absolute Gasteiger partial charge is 0.337 e. The second kappa shape index (κ2) is 5.65. The molecule has 1 aliphatic heterocycles. The topological polar surface area (TPSA) is 32.3 Å². The van der Waals surface area contributed by atoms with E-state index in [-0.39, 0.29) is 5.91 Å². The second-order valence-corrected chi connectivity index (χ2v) is 5.84. The summed E-state index contributed by atoms with van der Waals surface area (Å²) in [5.74, 6) is 0.180. The maximum Gasteiger partial charge on any atom is 0.263 e. The summed E-state index contributed by atoms with van der Waals surface area (Å²) >= 11 is 1.59. The molecule has 2 heterocycles. The number of carbonyl (C=O) groups is 1. The molecule has 0 radical (unpaired) electrons. The first kappa shape index (κ1) is 12.6. The van der Waals surface area contributed by atoms with Crippen LogP contribution in [0, 0.1) is 6.92 Å². The molecule has 0 aromatic carbocycles. The molecule has 1 fully saturated rings. The molecule has 94 valence electrons. The lowest BCUT2D eigenvalue weighted by Crippen LogP contribution is -2.40. The van der Waals surface area contributed by atoms with Crippen LogP contribution in [0.25, 0.3) is 0 Å². The van der Waals surface area contributed by atoms with E-state index in [4.69, 9.17) is 0 Å². The zero-order chi connectivity index (χ0) is 12.3. The summed E-state index contributed by atoms with van der Waals surface area (Å²) in [5, 5.41) is 3.44. The highest BCUT2D eigenvalue weighted by atomic mass is 32.1. The smallest absolute Gasteiger partial charge is 0.263 e. The Bertz CT molecular complexity index is 383. The third-order valence-electron chi connectivity index (χ3n) is 3.22. The van der Waals surface area contributed by atoms with Crippen molar-refractivity contribution < 1.29 is 4.79 Å². The fourth-order valence-corrected chi connectivity index (χ4v) is 3.07. The van der Waals surface area contributed by atoms with Crippen molar-refractivity contribution in [2.75, 3.05) is 19.6 Å². The highest BCUT2D eigenvalue weighted by Gasteiger charge is 2.21. The summed E-state index contributed by atoms with van der Waals surface area (Å²) in [5.41, 5.74) is 0. The van der Waals surface area contributed by atoms with Gasteiger partial charge in [-0.2, -0.15) is 0 Å². The second-order valence-electron chi connectivity index (χ2n) is 4.55. The van der Waals surface area contributed by atoms with Gasteiger partial charge in [0.1, 0.15) is 0 Å². The number of nitrogens with one attached hydrogen (secondary N) is 1. The number of hydrogen-bond acceptors (Lipinski definition) is 3. The minimum absolute atomic E-state index is 0.180. The van der Waals surface area contributed by atoms with Gasteiger partial charge in [-0.3, -0.25) is 4.79 Å². The lowest BCUT2D eigenvalue weighted by atomic mass is 10.2. The van der Waals surface area contributed by atoms with Crippen LogP contribution >= 0.6 is 11.3 Å². The first-order valence-electron chi connectivity index (χ1n) is 6.29. The first-order valence-corrected chi connectivity index (χ1v) is 7.11.